The number of aromatic nitrogens is 3. The fraction of sp³-hybridized carbons (Fsp3) is 0.217. The van der Waals surface area contributed by atoms with Gasteiger partial charge in [-0.1, -0.05) is 0 Å². The van der Waals surface area contributed by atoms with Crippen molar-refractivity contribution < 1.29 is 16.8 Å². The molecule has 176 valence electrons. The van der Waals surface area contributed by atoms with Crippen LogP contribution < -0.4 is 10.2 Å². The number of sulfone groups is 2. The van der Waals surface area contributed by atoms with Crippen LogP contribution >= 0.6 is 0 Å². The van der Waals surface area contributed by atoms with Crippen molar-refractivity contribution in [3.8, 4) is 5.69 Å². The van der Waals surface area contributed by atoms with Gasteiger partial charge in [0.15, 0.2) is 19.7 Å². The normalized spacial score (nSPS) is 16.0. The van der Waals surface area contributed by atoms with E-state index in [9.17, 15) is 16.8 Å². The van der Waals surface area contributed by atoms with E-state index in [1.807, 2.05) is 41.1 Å². The van der Waals surface area contributed by atoms with Crippen molar-refractivity contribution in [3.05, 3.63) is 67.0 Å². The SMILES string of the molecule is CS(=O)(=O)c1ccc(-n2ccc3cnc(Nc4ccc(N5CCS(=O)(=O)CC5)cc4)nc32)cc1. The molecule has 2 aromatic heterocycles. The van der Waals surface area contributed by atoms with Crippen molar-refractivity contribution in [2.45, 2.75) is 4.90 Å². The second-order valence-electron chi connectivity index (χ2n) is 8.24. The fourth-order valence-corrected chi connectivity index (χ4v) is 5.73. The third-order valence-corrected chi connectivity index (χ3v) is 8.54. The van der Waals surface area contributed by atoms with E-state index in [1.54, 1.807) is 30.5 Å². The summed E-state index contributed by atoms with van der Waals surface area (Å²) in [6, 6.07) is 16.3. The summed E-state index contributed by atoms with van der Waals surface area (Å²) in [6.45, 7) is 0.994. The predicted octanol–water partition coefficient (Wildman–Crippen LogP) is 2.80. The molecule has 0 atom stereocenters. The van der Waals surface area contributed by atoms with Crippen LogP contribution in [0.1, 0.15) is 0 Å². The van der Waals surface area contributed by atoms with Crippen molar-refractivity contribution in [2.75, 3.05) is 41.1 Å². The highest BCUT2D eigenvalue weighted by atomic mass is 32.2. The first-order valence-corrected chi connectivity index (χ1v) is 14.4. The van der Waals surface area contributed by atoms with Crippen molar-refractivity contribution >= 4 is 48.0 Å². The maximum atomic E-state index is 11.7. The minimum absolute atomic E-state index is 0.178. The number of nitrogens with one attached hydrogen (secondary N) is 1. The van der Waals surface area contributed by atoms with Crippen LogP contribution in [0.2, 0.25) is 0 Å². The molecule has 11 heteroatoms. The summed E-state index contributed by atoms with van der Waals surface area (Å²) in [5.74, 6) is 0.784. The zero-order valence-corrected chi connectivity index (χ0v) is 20.1. The molecule has 1 fully saturated rings. The van der Waals surface area contributed by atoms with Gasteiger partial charge in [0.1, 0.15) is 5.65 Å². The quantitative estimate of drug-likeness (QED) is 0.448. The highest BCUT2D eigenvalue weighted by molar-refractivity contribution is 7.91. The second-order valence-corrected chi connectivity index (χ2v) is 12.6. The van der Waals surface area contributed by atoms with E-state index >= 15 is 0 Å². The highest BCUT2D eigenvalue weighted by Gasteiger charge is 2.21. The van der Waals surface area contributed by atoms with Gasteiger partial charge in [-0.3, -0.25) is 0 Å². The highest BCUT2D eigenvalue weighted by Crippen LogP contribution is 2.24. The number of hydrogen-bond acceptors (Lipinski definition) is 8. The molecular formula is C23H23N5O4S2. The average Bonchev–Trinajstić information content (AvgIpc) is 3.23. The molecule has 1 aliphatic rings. The Hall–Kier alpha value is -3.44. The number of anilines is 3. The molecule has 0 bridgehead atoms. The molecule has 4 aromatic rings. The third kappa shape index (κ3) is 4.62. The smallest absolute Gasteiger partial charge is 0.229 e. The molecule has 9 nitrogen and oxygen atoms in total. The van der Waals surface area contributed by atoms with Crippen LogP contribution in [-0.2, 0) is 19.7 Å². The zero-order chi connectivity index (χ0) is 23.9. The van der Waals surface area contributed by atoms with Crippen molar-refractivity contribution in [3.63, 3.8) is 0 Å². The Morgan fingerprint density at radius 1 is 0.912 bits per heavy atom. The summed E-state index contributed by atoms with van der Waals surface area (Å²) < 4.78 is 48.6. The number of fused-ring (bicyclic) bond motifs is 1. The van der Waals surface area contributed by atoms with Crippen LogP contribution in [0.15, 0.2) is 71.9 Å². The van der Waals surface area contributed by atoms with Crippen LogP contribution in [0, 0.1) is 0 Å². The molecule has 0 saturated carbocycles. The molecule has 1 saturated heterocycles. The minimum Gasteiger partial charge on any atom is -0.369 e. The van der Waals surface area contributed by atoms with E-state index in [2.05, 4.69) is 20.2 Å². The lowest BCUT2D eigenvalue weighted by molar-refractivity contribution is 0.586. The van der Waals surface area contributed by atoms with Gasteiger partial charge in [-0.25, -0.2) is 21.8 Å². The Morgan fingerprint density at radius 2 is 1.56 bits per heavy atom. The molecular weight excluding hydrogens is 474 g/mol. The number of rotatable bonds is 5. The lowest BCUT2D eigenvalue weighted by Gasteiger charge is -2.28. The summed E-state index contributed by atoms with van der Waals surface area (Å²) in [5.41, 5.74) is 3.27. The summed E-state index contributed by atoms with van der Waals surface area (Å²) >= 11 is 0. The van der Waals surface area contributed by atoms with Gasteiger partial charge in [0.2, 0.25) is 5.95 Å². The maximum Gasteiger partial charge on any atom is 0.229 e. The van der Waals surface area contributed by atoms with Gasteiger partial charge >= 0.3 is 0 Å². The van der Waals surface area contributed by atoms with Crippen molar-refractivity contribution in [2.24, 2.45) is 0 Å². The van der Waals surface area contributed by atoms with Crippen LogP contribution in [0.5, 0.6) is 0 Å². The van der Waals surface area contributed by atoms with Crippen LogP contribution in [-0.4, -0.2) is 62.2 Å². The van der Waals surface area contributed by atoms with E-state index in [1.165, 1.54) is 6.26 Å². The van der Waals surface area contributed by atoms with E-state index < -0.39 is 19.7 Å². The van der Waals surface area contributed by atoms with Crippen molar-refractivity contribution in [1.29, 1.82) is 0 Å². The average molecular weight is 498 g/mol. The number of nitrogens with zero attached hydrogens (tertiary/aromatic N) is 4. The molecule has 0 radical (unpaired) electrons. The van der Waals surface area contributed by atoms with Gasteiger partial charge in [0.25, 0.3) is 0 Å². The molecule has 5 rings (SSSR count). The van der Waals surface area contributed by atoms with E-state index in [-0.39, 0.29) is 16.4 Å². The lowest BCUT2D eigenvalue weighted by Crippen LogP contribution is -2.40. The summed E-state index contributed by atoms with van der Waals surface area (Å²) in [4.78, 5) is 11.4. The second kappa shape index (κ2) is 8.41. The lowest BCUT2D eigenvalue weighted by atomic mass is 10.2. The predicted molar refractivity (Wildman–Crippen MR) is 133 cm³/mol. The zero-order valence-electron chi connectivity index (χ0n) is 18.4. The molecule has 2 aromatic carbocycles. The largest absolute Gasteiger partial charge is 0.369 e. The van der Waals surface area contributed by atoms with E-state index in [0.717, 1.165) is 22.4 Å². The first-order chi connectivity index (χ1) is 16.2. The summed E-state index contributed by atoms with van der Waals surface area (Å²) in [5, 5.41) is 4.06. The summed E-state index contributed by atoms with van der Waals surface area (Å²) in [7, 11) is -6.18. The van der Waals surface area contributed by atoms with Crippen LogP contribution in [0.25, 0.3) is 16.7 Å². The first kappa shape index (κ1) is 22.4. The maximum absolute atomic E-state index is 11.7. The molecule has 3 heterocycles. The Bertz CT molecular complexity index is 1550. The minimum atomic E-state index is -3.26. The van der Waals surface area contributed by atoms with Gasteiger partial charge in [-0.2, -0.15) is 4.98 Å². The number of hydrogen-bond donors (Lipinski definition) is 1. The van der Waals surface area contributed by atoms with Gasteiger partial charge in [0.05, 0.1) is 16.4 Å². The molecule has 0 spiro atoms. The molecule has 1 N–H and O–H groups in total. The third-order valence-electron chi connectivity index (χ3n) is 5.80. The Balaban J connectivity index is 1.36. The van der Waals surface area contributed by atoms with E-state index in [0.29, 0.717) is 24.7 Å². The van der Waals surface area contributed by atoms with Gasteiger partial charge < -0.3 is 14.8 Å². The Kier molecular flexibility index (Phi) is 5.53. The molecule has 1 aliphatic heterocycles. The molecule has 34 heavy (non-hydrogen) atoms. The van der Waals surface area contributed by atoms with Gasteiger partial charge in [-0.15, -0.1) is 0 Å². The van der Waals surface area contributed by atoms with Crippen LogP contribution in [0.4, 0.5) is 17.3 Å². The Labute approximate surface area is 197 Å². The first-order valence-electron chi connectivity index (χ1n) is 10.7. The summed E-state index contributed by atoms with van der Waals surface area (Å²) in [6.07, 6.45) is 4.78. The Morgan fingerprint density at radius 3 is 2.21 bits per heavy atom. The monoisotopic (exact) mass is 497 g/mol. The van der Waals surface area contributed by atoms with Gasteiger partial charge in [-0.05, 0) is 54.6 Å². The van der Waals surface area contributed by atoms with E-state index in [4.69, 9.17) is 0 Å². The molecule has 0 unspecified atom stereocenters. The van der Waals surface area contributed by atoms with Gasteiger partial charge in [0, 0.05) is 54.2 Å². The van der Waals surface area contributed by atoms with Crippen LogP contribution in [0.3, 0.4) is 0 Å². The fourth-order valence-electron chi connectivity index (χ4n) is 3.90. The standard InChI is InChI=1S/C23H23N5O4S2/c1-33(29,30)21-8-6-20(7-9-21)28-11-10-17-16-24-23(26-22(17)28)25-18-2-4-19(5-3-18)27-12-14-34(31,32)15-13-27/h2-11,16H,12-15H2,1H3,(H,24,25,26). The van der Waals surface area contributed by atoms with Crippen molar-refractivity contribution in [1.82, 2.24) is 14.5 Å². The molecule has 0 amide bonds. The number of benzene rings is 2. The molecule has 0 aliphatic carbocycles. The topological polar surface area (TPSA) is 114 Å².